The van der Waals surface area contributed by atoms with Crippen LogP contribution in [0.1, 0.15) is 48.0 Å². The lowest BCUT2D eigenvalue weighted by molar-refractivity contribution is -0.132. The van der Waals surface area contributed by atoms with Gasteiger partial charge in [0.25, 0.3) is 0 Å². The molecule has 0 unspecified atom stereocenters. The van der Waals surface area contributed by atoms with Gasteiger partial charge >= 0.3 is 0 Å². The molecule has 3 N–H and O–H groups in total. The molecule has 4 nitrogen and oxygen atoms in total. The van der Waals surface area contributed by atoms with E-state index in [4.69, 9.17) is 5.73 Å². The molecule has 0 fully saturated rings. The first kappa shape index (κ1) is 18.4. The molecule has 0 radical (unpaired) electrons. The summed E-state index contributed by atoms with van der Waals surface area (Å²) in [7, 11) is 3.97. The van der Waals surface area contributed by atoms with Crippen molar-refractivity contribution in [1.82, 2.24) is 10.2 Å². The highest BCUT2D eigenvalue weighted by Gasteiger charge is 2.34. The van der Waals surface area contributed by atoms with Gasteiger partial charge in [0.15, 0.2) is 0 Å². The maximum Gasteiger partial charge on any atom is 0.227 e. The highest BCUT2D eigenvalue weighted by Crippen LogP contribution is 2.28. The van der Waals surface area contributed by atoms with Crippen LogP contribution in [0.5, 0.6) is 0 Å². The summed E-state index contributed by atoms with van der Waals surface area (Å²) in [6.45, 7) is 13.7. The SMILES string of the molecule is CN(C)CC(C)(C)C(=O)NC(C)(C)CC(C)(C)CN. The lowest BCUT2D eigenvalue weighted by Gasteiger charge is -2.38. The van der Waals surface area contributed by atoms with Crippen LogP contribution in [-0.2, 0) is 4.79 Å². The predicted octanol–water partition coefficient (Wildman–Crippen LogP) is 1.84. The van der Waals surface area contributed by atoms with Crippen LogP contribution < -0.4 is 11.1 Å². The van der Waals surface area contributed by atoms with Crippen LogP contribution in [0.25, 0.3) is 0 Å². The number of carbonyl (C=O) groups excluding carboxylic acids is 1. The molecule has 4 heteroatoms. The number of nitrogens with zero attached hydrogens (tertiary/aromatic N) is 1. The molecule has 0 spiro atoms. The second-order valence-electron chi connectivity index (χ2n) is 8.00. The van der Waals surface area contributed by atoms with Crippen LogP contribution in [0.4, 0.5) is 0 Å². The van der Waals surface area contributed by atoms with Crippen LogP contribution in [0, 0.1) is 10.8 Å². The molecule has 0 atom stereocenters. The molecule has 0 saturated carbocycles. The highest BCUT2D eigenvalue weighted by atomic mass is 16.2. The van der Waals surface area contributed by atoms with Crippen molar-refractivity contribution < 1.29 is 4.79 Å². The van der Waals surface area contributed by atoms with Gasteiger partial charge in [-0.1, -0.05) is 13.8 Å². The molecule has 0 aromatic rings. The number of carbonyl (C=O) groups is 1. The van der Waals surface area contributed by atoms with Crippen LogP contribution in [-0.4, -0.2) is 43.5 Å². The monoisotopic (exact) mass is 271 g/mol. The Balaban J connectivity index is 4.70. The molecule has 0 aromatic heterocycles. The Morgan fingerprint density at radius 3 is 1.95 bits per heavy atom. The number of hydrogen-bond donors (Lipinski definition) is 2. The summed E-state index contributed by atoms with van der Waals surface area (Å²) in [4.78, 5) is 14.5. The quantitative estimate of drug-likeness (QED) is 0.743. The van der Waals surface area contributed by atoms with E-state index < -0.39 is 5.41 Å². The van der Waals surface area contributed by atoms with Gasteiger partial charge in [-0.05, 0) is 60.2 Å². The van der Waals surface area contributed by atoms with Gasteiger partial charge in [-0.25, -0.2) is 0 Å². The van der Waals surface area contributed by atoms with Crippen molar-refractivity contribution >= 4 is 5.91 Å². The fraction of sp³-hybridized carbons (Fsp3) is 0.933. The average Bonchev–Trinajstić information content (AvgIpc) is 2.12. The first-order chi connectivity index (χ1) is 8.31. The Morgan fingerprint density at radius 1 is 1.11 bits per heavy atom. The molecule has 0 aliphatic carbocycles. The van der Waals surface area contributed by atoms with Crippen molar-refractivity contribution in [2.24, 2.45) is 16.6 Å². The highest BCUT2D eigenvalue weighted by molar-refractivity contribution is 5.82. The molecule has 1 amide bonds. The fourth-order valence-electron chi connectivity index (χ4n) is 2.65. The third kappa shape index (κ3) is 6.92. The number of nitrogens with two attached hydrogens (primary N) is 1. The van der Waals surface area contributed by atoms with Crippen LogP contribution in [0.15, 0.2) is 0 Å². The maximum absolute atomic E-state index is 12.4. The number of hydrogen-bond acceptors (Lipinski definition) is 3. The third-order valence-corrected chi connectivity index (χ3v) is 3.25. The lowest BCUT2D eigenvalue weighted by Crippen LogP contribution is -2.53. The van der Waals surface area contributed by atoms with Gasteiger partial charge < -0.3 is 16.0 Å². The van der Waals surface area contributed by atoms with Gasteiger partial charge in [0, 0.05) is 12.1 Å². The minimum atomic E-state index is -0.395. The Bertz CT molecular complexity index is 307. The molecular weight excluding hydrogens is 238 g/mol. The van der Waals surface area contributed by atoms with Crippen LogP contribution in [0.2, 0.25) is 0 Å². The summed E-state index contributed by atoms with van der Waals surface area (Å²) in [5.74, 6) is 0.0963. The summed E-state index contributed by atoms with van der Waals surface area (Å²) in [5.41, 5.74) is 5.17. The van der Waals surface area contributed by atoms with E-state index in [-0.39, 0.29) is 16.9 Å². The molecule has 0 bridgehead atoms. The lowest BCUT2D eigenvalue weighted by atomic mass is 9.79. The predicted molar refractivity (Wildman–Crippen MR) is 82.0 cm³/mol. The number of nitrogens with one attached hydrogen (secondary N) is 1. The second-order valence-corrected chi connectivity index (χ2v) is 8.00. The molecule has 0 heterocycles. The molecule has 0 rings (SSSR count). The first-order valence-electron chi connectivity index (χ1n) is 6.99. The largest absolute Gasteiger partial charge is 0.351 e. The normalized spacial score (nSPS) is 13.8. The zero-order valence-electron chi connectivity index (χ0n) is 14.1. The Hall–Kier alpha value is -0.610. The van der Waals surface area contributed by atoms with Gasteiger partial charge in [0.2, 0.25) is 5.91 Å². The molecule has 0 saturated heterocycles. The average molecular weight is 271 g/mol. The van der Waals surface area contributed by atoms with Gasteiger partial charge in [-0.15, -0.1) is 0 Å². The molecule has 19 heavy (non-hydrogen) atoms. The first-order valence-corrected chi connectivity index (χ1v) is 6.99. The van der Waals surface area contributed by atoms with Gasteiger partial charge in [-0.2, -0.15) is 0 Å². The Kier molecular flexibility index (Phi) is 6.03. The van der Waals surface area contributed by atoms with Crippen LogP contribution >= 0.6 is 0 Å². The van der Waals surface area contributed by atoms with E-state index in [1.54, 1.807) is 0 Å². The van der Waals surface area contributed by atoms with E-state index >= 15 is 0 Å². The van der Waals surface area contributed by atoms with Crippen LogP contribution in [0.3, 0.4) is 0 Å². The molecule has 0 aliphatic rings. The summed E-state index contributed by atoms with van der Waals surface area (Å²) in [6, 6.07) is 0. The Labute approximate surface area is 119 Å². The van der Waals surface area contributed by atoms with Gasteiger partial charge in [0.05, 0.1) is 5.41 Å². The van der Waals surface area contributed by atoms with Gasteiger partial charge in [0.1, 0.15) is 0 Å². The summed E-state index contributed by atoms with van der Waals surface area (Å²) < 4.78 is 0. The third-order valence-electron chi connectivity index (χ3n) is 3.25. The van der Waals surface area contributed by atoms with Crippen molar-refractivity contribution in [3.8, 4) is 0 Å². The second kappa shape index (κ2) is 6.23. The van der Waals surface area contributed by atoms with Crippen molar-refractivity contribution in [1.29, 1.82) is 0 Å². The standard InChI is InChI=1S/C15H33N3O/c1-13(2,10-16)9-15(5,6)17-12(19)14(3,4)11-18(7)8/h9-11,16H2,1-8H3,(H,17,19). The van der Waals surface area contributed by atoms with E-state index in [1.165, 1.54) is 0 Å². The number of amides is 1. The van der Waals surface area contributed by atoms with E-state index in [2.05, 4.69) is 33.0 Å². The summed E-state index contributed by atoms with van der Waals surface area (Å²) in [5, 5.41) is 3.17. The fourth-order valence-corrected chi connectivity index (χ4v) is 2.65. The smallest absolute Gasteiger partial charge is 0.227 e. The number of rotatable bonds is 7. The van der Waals surface area contributed by atoms with Crippen molar-refractivity contribution in [3.05, 3.63) is 0 Å². The van der Waals surface area contributed by atoms with E-state index in [1.807, 2.05) is 32.8 Å². The van der Waals surface area contributed by atoms with Crippen molar-refractivity contribution in [2.45, 2.75) is 53.5 Å². The molecular formula is C15H33N3O. The van der Waals surface area contributed by atoms with E-state index in [0.717, 1.165) is 13.0 Å². The van der Waals surface area contributed by atoms with Gasteiger partial charge in [-0.3, -0.25) is 4.79 Å². The summed E-state index contributed by atoms with van der Waals surface area (Å²) >= 11 is 0. The van der Waals surface area contributed by atoms with E-state index in [0.29, 0.717) is 6.54 Å². The summed E-state index contributed by atoms with van der Waals surface area (Å²) in [6.07, 6.45) is 0.861. The molecule has 0 aliphatic heterocycles. The van der Waals surface area contributed by atoms with E-state index in [9.17, 15) is 4.79 Å². The maximum atomic E-state index is 12.4. The molecule has 0 aromatic carbocycles. The zero-order chi connectivity index (χ0) is 15.5. The van der Waals surface area contributed by atoms with Crippen molar-refractivity contribution in [2.75, 3.05) is 27.2 Å². The zero-order valence-corrected chi connectivity index (χ0v) is 14.1. The minimum Gasteiger partial charge on any atom is -0.351 e. The Morgan fingerprint density at radius 2 is 1.58 bits per heavy atom. The van der Waals surface area contributed by atoms with Crippen molar-refractivity contribution in [3.63, 3.8) is 0 Å². The topological polar surface area (TPSA) is 58.4 Å². The molecule has 114 valence electrons. The minimum absolute atomic E-state index is 0.0302.